The molecule has 4 nitrogen and oxygen atoms in total. The van der Waals surface area contributed by atoms with Gasteiger partial charge in [-0.05, 0) is 29.9 Å². The molecule has 78 valence electrons. The molecule has 1 fully saturated rings. The summed E-state index contributed by atoms with van der Waals surface area (Å²) in [6, 6.07) is 6.91. The minimum absolute atomic E-state index is 0.120. The van der Waals surface area contributed by atoms with Crippen molar-refractivity contribution in [2.24, 2.45) is 0 Å². The molecule has 5 heteroatoms. The zero-order chi connectivity index (χ0) is 10.8. The number of carbonyl (C=O) groups excluding carboxylic acids is 1. The van der Waals surface area contributed by atoms with E-state index < -0.39 is 0 Å². The van der Waals surface area contributed by atoms with Crippen molar-refractivity contribution in [1.29, 1.82) is 0 Å². The van der Waals surface area contributed by atoms with Gasteiger partial charge in [-0.15, -0.1) is 0 Å². The van der Waals surface area contributed by atoms with E-state index in [4.69, 9.17) is 17.0 Å². The number of benzene rings is 1. The first-order valence-corrected chi connectivity index (χ1v) is 4.87. The Kier molecular flexibility index (Phi) is 2.55. The first-order valence-electron chi connectivity index (χ1n) is 4.46. The highest BCUT2D eigenvalue weighted by Crippen LogP contribution is 2.19. The third kappa shape index (κ3) is 1.92. The number of hydrogen-bond acceptors (Lipinski definition) is 3. The van der Waals surface area contributed by atoms with Crippen LogP contribution >= 0.6 is 12.2 Å². The van der Waals surface area contributed by atoms with Crippen molar-refractivity contribution in [2.75, 3.05) is 7.11 Å². The molecule has 1 heterocycles. The molecule has 2 N–H and O–H groups in total. The Bertz CT molecular complexity index is 402. The lowest BCUT2D eigenvalue weighted by Crippen LogP contribution is -2.21. The van der Waals surface area contributed by atoms with Gasteiger partial charge in [-0.25, -0.2) is 0 Å². The molecular weight excluding hydrogens is 212 g/mol. The molecular formula is C10H10N2O2S. The zero-order valence-corrected chi connectivity index (χ0v) is 8.93. The molecule has 1 unspecified atom stereocenters. The quantitative estimate of drug-likeness (QED) is 0.725. The highest BCUT2D eigenvalue weighted by Gasteiger charge is 2.28. The SMILES string of the molecule is COc1ccc(C2NC(=S)NC2=O)cc1. The van der Waals surface area contributed by atoms with E-state index in [-0.39, 0.29) is 11.9 Å². The Morgan fingerprint density at radius 1 is 1.33 bits per heavy atom. The summed E-state index contributed by atoms with van der Waals surface area (Å²) in [5.41, 5.74) is 0.869. The number of hydrogen-bond donors (Lipinski definition) is 2. The van der Waals surface area contributed by atoms with Gasteiger partial charge in [-0.3, -0.25) is 4.79 Å². The fourth-order valence-electron chi connectivity index (χ4n) is 1.45. The average Bonchev–Trinajstić information content (AvgIpc) is 2.58. The second-order valence-corrected chi connectivity index (χ2v) is 3.58. The minimum atomic E-state index is -0.386. The maximum atomic E-state index is 11.4. The first-order chi connectivity index (χ1) is 7.20. The number of thiocarbonyl (C=S) groups is 1. The number of nitrogens with one attached hydrogen (secondary N) is 2. The van der Waals surface area contributed by atoms with E-state index in [1.165, 1.54) is 0 Å². The summed E-state index contributed by atoms with van der Waals surface area (Å²) in [6.45, 7) is 0. The van der Waals surface area contributed by atoms with Gasteiger partial charge in [0.1, 0.15) is 11.8 Å². The lowest BCUT2D eigenvalue weighted by molar-refractivity contribution is -0.120. The van der Waals surface area contributed by atoms with E-state index in [0.29, 0.717) is 5.11 Å². The van der Waals surface area contributed by atoms with Crippen molar-refractivity contribution in [3.05, 3.63) is 29.8 Å². The van der Waals surface area contributed by atoms with Crippen molar-refractivity contribution >= 4 is 23.2 Å². The van der Waals surface area contributed by atoms with Gasteiger partial charge in [0, 0.05) is 0 Å². The molecule has 1 aromatic carbocycles. The van der Waals surface area contributed by atoms with Crippen molar-refractivity contribution in [3.63, 3.8) is 0 Å². The van der Waals surface area contributed by atoms with E-state index >= 15 is 0 Å². The molecule has 15 heavy (non-hydrogen) atoms. The van der Waals surface area contributed by atoms with Gasteiger partial charge in [0.05, 0.1) is 7.11 Å². The Balaban J connectivity index is 2.22. The van der Waals surface area contributed by atoms with E-state index in [1.807, 2.05) is 24.3 Å². The lowest BCUT2D eigenvalue weighted by atomic mass is 10.1. The molecule has 0 aromatic heterocycles. The molecule has 1 aliphatic heterocycles. The van der Waals surface area contributed by atoms with Gasteiger partial charge >= 0.3 is 0 Å². The monoisotopic (exact) mass is 222 g/mol. The fourth-order valence-corrected chi connectivity index (χ4v) is 1.67. The van der Waals surface area contributed by atoms with E-state index in [2.05, 4.69) is 10.6 Å². The molecule has 1 atom stereocenters. The zero-order valence-electron chi connectivity index (χ0n) is 8.11. The summed E-state index contributed by atoms with van der Waals surface area (Å²) < 4.78 is 5.03. The van der Waals surface area contributed by atoms with Gasteiger partial charge in [-0.2, -0.15) is 0 Å². The largest absolute Gasteiger partial charge is 0.497 e. The van der Waals surface area contributed by atoms with Gasteiger partial charge in [0.25, 0.3) is 5.91 Å². The van der Waals surface area contributed by atoms with Crippen LogP contribution in [0.15, 0.2) is 24.3 Å². The fraction of sp³-hybridized carbons (Fsp3) is 0.200. The second kappa shape index (κ2) is 3.86. The van der Waals surface area contributed by atoms with Crippen LogP contribution in [0.5, 0.6) is 5.75 Å². The van der Waals surface area contributed by atoms with E-state index in [0.717, 1.165) is 11.3 Å². The molecule has 0 saturated carbocycles. The predicted molar refractivity (Wildman–Crippen MR) is 59.6 cm³/mol. The topological polar surface area (TPSA) is 50.4 Å². The highest BCUT2D eigenvalue weighted by molar-refractivity contribution is 7.80. The molecule has 2 rings (SSSR count). The van der Waals surface area contributed by atoms with Crippen LogP contribution in [0.25, 0.3) is 0 Å². The lowest BCUT2D eigenvalue weighted by Gasteiger charge is -2.08. The van der Waals surface area contributed by atoms with Crippen molar-refractivity contribution in [1.82, 2.24) is 10.6 Å². The van der Waals surface area contributed by atoms with E-state index in [9.17, 15) is 4.79 Å². The van der Waals surface area contributed by atoms with Crippen LogP contribution in [-0.2, 0) is 4.79 Å². The minimum Gasteiger partial charge on any atom is -0.497 e. The molecule has 1 aromatic rings. The van der Waals surface area contributed by atoms with Crippen molar-refractivity contribution in [3.8, 4) is 5.75 Å². The summed E-state index contributed by atoms with van der Waals surface area (Å²) >= 11 is 4.85. The van der Waals surface area contributed by atoms with Gasteiger partial charge in [0.15, 0.2) is 5.11 Å². The Labute approximate surface area is 92.6 Å². The summed E-state index contributed by atoms with van der Waals surface area (Å²) in [4.78, 5) is 11.4. The van der Waals surface area contributed by atoms with Crippen molar-refractivity contribution in [2.45, 2.75) is 6.04 Å². The normalized spacial score (nSPS) is 19.7. The van der Waals surface area contributed by atoms with Crippen LogP contribution in [0.4, 0.5) is 0 Å². The van der Waals surface area contributed by atoms with Gasteiger partial charge in [0.2, 0.25) is 0 Å². The number of amides is 1. The van der Waals surface area contributed by atoms with Crippen molar-refractivity contribution < 1.29 is 9.53 Å². The maximum Gasteiger partial charge on any atom is 0.253 e. The van der Waals surface area contributed by atoms with Crippen LogP contribution < -0.4 is 15.4 Å². The third-order valence-corrected chi connectivity index (χ3v) is 2.44. The van der Waals surface area contributed by atoms with Crippen LogP contribution in [0.3, 0.4) is 0 Å². The Hall–Kier alpha value is -1.62. The van der Waals surface area contributed by atoms with Gasteiger partial charge < -0.3 is 15.4 Å². The molecule has 0 aliphatic carbocycles. The molecule has 0 radical (unpaired) electrons. The Morgan fingerprint density at radius 3 is 2.47 bits per heavy atom. The average molecular weight is 222 g/mol. The number of methoxy groups -OCH3 is 1. The van der Waals surface area contributed by atoms with Crippen LogP contribution in [0.2, 0.25) is 0 Å². The van der Waals surface area contributed by atoms with Crippen LogP contribution in [0.1, 0.15) is 11.6 Å². The van der Waals surface area contributed by atoms with E-state index in [1.54, 1.807) is 7.11 Å². The second-order valence-electron chi connectivity index (χ2n) is 3.17. The number of carbonyl (C=O) groups is 1. The number of rotatable bonds is 2. The third-order valence-electron chi connectivity index (χ3n) is 2.22. The smallest absolute Gasteiger partial charge is 0.253 e. The molecule has 0 bridgehead atoms. The molecule has 1 saturated heterocycles. The summed E-state index contributed by atoms with van der Waals surface area (Å²) in [6.07, 6.45) is 0. The predicted octanol–water partition coefficient (Wildman–Crippen LogP) is 0.741. The highest BCUT2D eigenvalue weighted by atomic mass is 32.1. The summed E-state index contributed by atoms with van der Waals surface area (Å²) in [7, 11) is 1.60. The first kappa shape index (κ1) is 9.92. The van der Waals surface area contributed by atoms with Gasteiger partial charge in [-0.1, -0.05) is 12.1 Å². The standard InChI is InChI=1S/C10H10N2O2S/c1-14-7-4-2-6(3-5-7)8-9(13)12-10(15)11-8/h2-5,8H,1H3,(H2,11,12,13,15). The Morgan fingerprint density at radius 2 is 2.00 bits per heavy atom. The number of ether oxygens (including phenoxy) is 1. The van der Waals surface area contributed by atoms with Crippen LogP contribution in [-0.4, -0.2) is 18.1 Å². The maximum absolute atomic E-state index is 11.4. The summed E-state index contributed by atoms with van der Waals surface area (Å²) in [5.74, 6) is 0.643. The van der Waals surface area contributed by atoms with Crippen LogP contribution in [0, 0.1) is 0 Å². The molecule has 0 spiro atoms. The molecule has 1 amide bonds. The summed E-state index contributed by atoms with van der Waals surface area (Å²) in [5, 5.41) is 5.81. The molecule has 1 aliphatic rings.